The topological polar surface area (TPSA) is 70.5 Å². The van der Waals surface area contributed by atoms with Gasteiger partial charge in [0.05, 0.1) is 28.6 Å². The van der Waals surface area contributed by atoms with E-state index in [0.29, 0.717) is 12.8 Å². The Kier molecular flexibility index (Phi) is 5.76. The fourth-order valence-corrected chi connectivity index (χ4v) is 2.69. The Morgan fingerprint density at radius 1 is 1.07 bits per heavy atom. The predicted molar refractivity (Wildman–Crippen MR) is 109 cm³/mol. The molecule has 27 heavy (non-hydrogen) atoms. The SMILES string of the molecule is Cc1nc2ccccc2nc1CCC(=O)N/N=C/c1ccc(N(C)C)cc1. The first-order chi connectivity index (χ1) is 13.0. The second-order valence-corrected chi connectivity index (χ2v) is 6.52. The third-order valence-corrected chi connectivity index (χ3v) is 4.24. The Labute approximate surface area is 159 Å². The van der Waals surface area contributed by atoms with Crippen LogP contribution in [0.3, 0.4) is 0 Å². The van der Waals surface area contributed by atoms with Gasteiger partial charge in [0.15, 0.2) is 0 Å². The molecular weight excluding hydrogens is 338 g/mol. The molecule has 0 fully saturated rings. The number of carbonyl (C=O) groups is 1. The minimum Gasteiger partial charge on any atom is -0.378 e. The first-order valence-corrected chi connectivity index (χ1v) is 8.84. The number of benzene rings is 2. The molecule has 1 aromatic heterocycles. The number of hydrogen-bond acceptors (Lipinski definition) is 5. The standard InChI is InChI=1S/C21H23N5O/c1-15-18(24-20-7-5-4-6-19(20)23-15)12-13-21(27)25-22-14-16-8-10-17(11-9-16)26(2)3/h4-11,14H,12-13H2,1-3H3,(H,25,27)/b22-14+. The molecule has 3 aromatic rings. The van der Waals surface area contributed by atoms with E-state index in [2.05, 4.69) is 20.5 Å². The van der Waals surface area contributed by atoms with Crippen LogP contribution in [-0.4, -0.2) is 36.2 Å². The maximum atomic E-state index is 12.0. The molecule has 0 spiro atoms. The fourth-order valence-electron chi connectivity index (χ4n) is 2.69. The molecule has 6 heteroatoms. The number of para-hydroxylation sites is 2. The van der Waals surface area contributed by atoms with Crippen LogP contribution in [0.15, 0.2) is 53.6 Å². The third kappa shape index (κ3) is 4.88. The van der Waals surface area contributed by atoms with Gasteiger partial charge >= 0.3 is 0 Å². The molecule has 1 amide bonds. The van der Waals surface area contributed by atoms with Gasteiger partial charge in [-0.1, -0.05) is 24.3 Å². The molecule has 0 saturated heterocycles. The maximum absolute atomic E-state index is 12.0. The number of aromatic nitrogens is 2. The van der Waals surface area contributed by atoms with Crippen molar-refractivity contribution in [2.45, 2.75) is 19.8 Å². The highest BCUT2D eigenvalue weighted by Gasteiger charge is 2.07. The zero-order valence-corrected chi connectivity index (χ0v) is 15.8. The number of fused-ring (bicyclic) bond motifs is 1. The summed E-state index contributed by atoms with van der Waals surface area (Å²) in [5.41, 5.74) is 8.02. The third-order valence-electron chi connectivity index (χ3n) is 4.24. The summed E-state index contributed by atoms with van der Waals surface area (Å²) >= 11 is 0. The normalized spacial score (nSPS) is 11.1. The van der Waals surface area contributed by atoms with E-state index < -0.39 is 0 Å². The number of hydrazone groups is 1. The van der Waals surface area contributed by atoms with E-state index in [1.54, 1.807) is 6.21 Å². The van der Waals surface area contributed by atoms with Gasteiger partial charge in [-0.15, -0.1) is 0 Å². The number of rotatable bonds is 6. The van der Waals surface area contributed by atoms with E-state index in [0.717, 1.165) is 33.7 Å². The molecule has 3 rings (SSSR count). The average Bonchev–Trinajstić information content (AvgIpc) is 2.66. The van der Waals surface area contributed by atoms with Crippen molar-refractivity contribution in [2.75, 3.05) is 19.0 Å². The second-order valence-electron chi connectivity index (χ2n) is 6.52. The number of carbonyl (C=O) groups excluding carboxylic acids is 1. The van der Waals surface area contributed by atoms with Crippen molar-refractivity contribution in [1.82, 2.24) is 15.4 Å². The number of hydrogen-bond donors (Lipinski definition) is 1. The Balaban J connectivity index is 1.54. The first kappa shape index (κ1) is 18.5. The van der Waals surface area contributed by atoms with Gasteiger partial charge in [0.25, 0.3) is 0 Å². The highest BCUT2D eigenvalue weighted by Crippen LogP contribution is 2.13. The van der Waals surface area contributed by atoms with Crippen LogP contribution in [-0.2, 0) is 11.2 Å². The van der Waals surface area contributed by atoms with E-state index in [1.807, 2.05) is 74.4 Å². The van der Waals surface area contributed by atoms with Crippen molar-refractivity contribution >= 4 is 28.8 Å². The fraction of sp³-hybridized carbons (Fsp3) is 0.238. The molecular formula is C21H23N5O. The van der Waals surface area contributed by atoms with E-state index >= 15 is 0 Å². The lowest BCUT2D eigenvalue weighted by atomic mass is 10.1. The number of anilines is 1. The van der Waals surface area contributed by atoms with E-state index in [1.165, 1.54) is 0 Å². The predicted octanol–water partition coefficient (Wildman–Crippen LogP) is 3.09. The lowest BCUT2D eigenvalue weighted by molar-refractivity contribution is -0.121. The van der Waals surface area contributed by atoms with Crippen LogP contribution in [0.5, 0.6) is 0 Å². The first-order valence-electron chi connectivity index (χ1n) is 8.84. The van der Waals surface area contributed by atoms with Crippen molar-refractivity contribution in [3.63, 3.8) is 0 Å². The van der Waals surface area contributed by atoms with E-state index in [-0.39, 0.29) is 5.91 Å². The van der Waals surface area contributed by atoms with Crippen LogP contribution in [0.4, 0.5) is 5.69 Å². The maximum Gasteiger partial charge on any atom is 0.240 e. The molecule has 0 saturated carbocycles. The van der Waals surface area contributed by atoms with E-state index in [9.17, 15) is 4.79 Å². The lowest BCUT2D eigenvalue weighted by Crippen LogP contribution is -2.18. The van der Waals surface area contributed by atoms with Gasteiger partial charge in [0.2, 0.25) is 5.91 Å². The van der Waals surface area contributed by atoms with Crippen LogP contribution < -0.4 is 10.3 Å². The Morgan fingerprint density at radius 2 is 1.74 bits per heavy atom. The molecule has 0 aliphatic carbocycles. The summed E-state index contributed by atoms with van der Waals surface area (Å²) in [7, 11) is 3.98. The van der Waals surface area contributed by atoms with Crippen LogP contribution >= 0.6 is 0 Å². The Morgan fingerprint density at radius 3 is 2.41 bits per heavy atom. The summed E-state index contributed by atoms with van der Waals surface area (Å²) < 4.78 is 0. The van der Waals surface area contributed by atoms with Crippen LogP contribution in [0.1, 0.15) is 23.4 Å². The average molecular weight is 361 g/mol. The summed E-state index contributed by atoms with van der Waals surface area (Å²) in [4.78, 5) is 23.2. The summed E-state index contributed by atoms with van der Waals surface area (Å²) in [6.07, 6.45) is 2.48. The zero-order chi connectivity index (χ0) is 19.2. The largest absolute Gasteiger partial charge is 0.378 e. The molecule has 1 N–H and O–H groups in total. The minimum absolute atomic E-state index is 0.148. The molecule has 0 atom stereocenters. The molecule has 0 unspecified atom stereocenters. The van der Waals surface area contributed by atoms with Crippen molar-refractivity contribution in [3.8, 4) is 0 Å². The van der Waals surface area contributed by atoms with Gasteiger partial charge in [0.1, 0.15) is 0 Å². The summed E-state index contributed by atoms with van der Waals surface area (Å²) in [6, 6.07) is 15.7. The van der Waals surface area contributed by atoms with Crippen molar-refractivity contribution in [2.24, 2.45) is 5.10 Å². The molecule has 0 radical (unpaired) electrons. The van der Waals surface area contributed by atoms with Gasteiger partial charge in [-0.3, -0.25) is 4.79 Å². The van der Waals surface area contributed by atoms with Crippen molar-refractivity contribution < 1.29 is 4.79 Å². The number of nitrogens with one attached hydrogen (secondary N) is 1. The molecule has 1 heterocycles. The van der Waals surface area contributed by atoms with Crippen LogP contribution in [0.25, 0.3) is 11.0 Å². The molecule has 138 valence electrons. The summed E-state index contributed by atoms with van der Waals surface area (Å²) in [5, 5.41) is 4.03. The highest BCUT2D eigenvalue weighted by atomic mass is 16.2. The smallest absolute Gasteiger partial charge is 0.240 e. The second kappa shape index (κ2) is 8.40. The van der Waals surface area contributed by atoms with Crippen molar-refractivity contribution in [1.29, 1.82) is 0 Å². The number of aryl methyl sites for hydroxylation is 2. The van der Waals surface area contributed by atoms with Gasteiger partial charge in [-0.05, 0) is 36.8 Å². The van der Waals surface area contributed by atoms with Crippen LogP contribution in [0.2, 0.25) is 0 Å². The monoisotopic (exact) mass is 361 g/mol. The van der Waals surface area contributed by atoms with Gasteiger partial charge in [-0.2, -0.15) is 5.10 Å². The molecule has 0 aliphatic heterocycles. The molecule has 0 bridgehead atoms. The highest BCUT2D eigenvalue weighted by molar-refractivity contribution is 5.83. The van der Waals surface area contributed by atoms with Crippen molar-refractivity contribution in [3.05, 3.63) is 65.5 Å². The molecule has 0 aliphatic rings. The number of nitrogens with zero attached hydrogens (tertiary/aromatic N) is 4. The quantitative estimate of drug-likeness (QED) is 0.541. The lowest BCUT2D eigenvalue weighted by Gasteiger charge is -2.11. The number of amides is 1. The summed E-state index contributed by atoms with van der Waals surface area (Å²) in [5.74, 6) is -0.148. The molecule has 6 nitrogen and oxygen atoms in total. The Hall–Kier alpha value is -3.28. The van der Waals surface area contributed by atoms with Gasteiger partial charge < -0.3 is 4.90 Å². The minimum atomic E-state index is -0.148. The molecule has 2 aromatic carbocycles. The Bertz CT molecular complexity index is 964. The van der Waals surface area contributed by atoms with Gasteiger partial charge in [0, 0.05) is 32.6 Å². The van der Waals surface area contributed by atoms with Crippen LogP contribution in [0, 0.1) is 6.92 Å². The summed E-state index contributed by atoms with van der Waals surface area (Å²) in [6.45, 7) is 1.92. The van der Waals surface area contributed by atoms with E-state index in [4.69, 9.17) is 0 Å². The van der Waals surface area contributed by atoms with Gasteiger partial charge in [-0.25, -0.2) is 15.4 Å². The zero-order valence-electron chi connectivity index (χ0n) is 15.8.